The van der Waals surface area contributed by atoms with E-state index in [4.69, 9.17) is 0 Å². The van der Waals surface area contributed by atoms with Gasteiger partial charge in [0.2, 0.25) is 0 Å². The van der Waals surface area contributed by atoms with Gasteiger partial charge in [0.25, 0.3) is 0 Å². The first kappa shape index (κ1) is 32.4. The Labute approximate surface area is 75.1 Å². The maximum Gasteiger partial charge on any atom is 0 e. The summed E-state index contributed by atoms with van der Waals surface area (Å²) in [6.45, 7) is 0. The van der Waals surface area contributed by atoms with Crippen LogP contribution in [0.25, 0.3) is 0 Å². The van der Waals surface area contributed by atoms with Crippen molar-refractivity contribution in [2.75, 3.05) is 0 Å². The standard InChI is InChI=1S/Ag.Cu.Fe.Zn. The van der Waals surface area contributed by atoms with Crippen molar-refractivity contribution < 1.29 is 76.0 Å². The average Bonchev–Trinajstić information content (AvgIpc) is 0. The van der Waals surface area contributed by atoms with Crippen molar-refractivity contribution in [1.29, 1.82) is 0 Å². The summed E-state index contributed by atoms with van der Waals surface area (Å²) in [5.41, 5.74) is 0. The molecule has 0 aromatic carbocycles. The number of hydrogen-bond donors (Lipinski definition) is 0. The van der Waals surface area contributed by atoms with Crippen LogP contribution in [0.5, 0.6) is 0 Å². The van der Waals surface area contributed by atoms with E-state index in [2.05, 4.69) is 0 Å². The fraction of sp³-hybridized carbons (Fsp3) is 0. The van der Waals surface area contributed by atoms with E-state index in [1.807, 2.05) is 0 Å². The number of hydrogen-bond acceptors (Lipinski definition) is 0. The minimum Gasteiger partial charge on any atom is 0 e. The van der Waals surface area contributed by atoms with Gasteiger partial charge in [-0.2, -0.15) is 0 Å². The first-order valence-electron chi connectivity index (χ1n) is 0. The van der Waals surface area contributed by atoms with Crippen LogP contribution in [0.3, 0.4) is 0 Å². The Morgan fingerprint density at radius 2 is 1.00 bits per heavy atom. The van der Waals surface area contributed by atoms with Gasteiger partial charge in [0, 0.05) is 76.0 Å². The molecule has 0 atom stereocenters. The Kier molecular flexibility index (Phi) is 147. The summed E-state index contributed by atoms with van der Waals surface area (Å²) in [5, 5.41) is 0. The Hall–Kier alpha value is 2.40. The van der Waals surface area contributed by atoms with Crippen molar-refractivity contribution in [3.05, 3.63) is 0 Å². The molecule has 0 aromatic heterocycles. The Balaban J connectivity index is 0. The van der Waals surface area contributed by atoms with Crippen LogP contribution in [0.1, 0.15) is 0 Å². The monoisotopic (exact) mass is 290 g/mol. The second kappa shape index (κ2) is 18.1. The summed E-state index contributed by atoms with van der Waals surface area (Å²) in [5.74, 6) is 0. The molecule has 0 N–H and O–H groups in total. The van der Waals surface area contributed by atoms with Gasteiger partial charge in [0.1, 0.15) is 0 Å². The molecule has 0 aliphatic rings. The molecule has 0 nitrogen and oxygen atoms in total. The molecule has 0 saturated carbocycles. The molecule has 0 aliphatic carbocycles. The van der Waals surface area contributed by atoms with E-state index in [1.54, 1.807) is 0 Å². The van der Waals surface area contributed by atoms with Crippen molar-refractivity contribution in [1.82, 2.24) is 0 Å². The van der Waals surface area contributed by atoms with Gasteiger partial charge in [-0.1, -0.05) is 0 Å². The molecule has 0 rings (SSSR count). The predicted molar refractivity (Wildman–Crippen MR) is 0 cm³/mol. The molecule has 0 aromatic rings. The van der Waals surface area contributed by atoms with Gasteiger partial charge in [0.15, 0.2) is 0 Å². The molecule has 0 bridgehead atoms. The maximum absolute atomic E-state index is 0. The van der Waals surface area contributed by atoms with Gasteiger partial charge < -0.3 is 0 Å². The minimum absolute atomic E-state index is 0. The van der Waals surface area contributed by atoms with Crippen LogP contribution >= 0.6 is 0 Å². The Morgan fingerprint density at radius 3 is 1.00 bits per heavy atom. The average molecular weight is 293 g/mol. The first-order valence-corrected chi connectivity index (χ1v) is 0. The van der Waals surface area contributed by atoms with Crippen LogP contribution in [-0.4, -0.2) is 0 Å². The van der Waals surface area contributed by atoms with Gasteiger partial charge in [0.05, 0.1) is 0 Å². The molecule has 0 fully saturated rings. The first-order chi connectivity index (χ1) is 0. The van der Waals surface area contributed by atoms with Crippen LogP contribution in [0.15, 0.2) is 0 Å². The van der Waals surface area contributed by atoms with E-state index >= 15 is 0 Å². The molecule has 4 heteroatoms. The molecular formula is AgCuFeZn. The fourth-order valence-electron chi connectivity index (χ4n) is 0. The number of rotatable bonds is 0. The van der Waals surface area contributed by atoms with Crippen molar-refractivity contribution in [2.24, 2.45) is 0 Å². The molecule has 0 aliphatic heterocycles. The van der Waals surface area contributed by atoms with Crippen LogP contribution in [-0.2, 0) is 76.0 Å². The molecule has 2 radical (unpaired) electrons. The maximum atomic E-state index is 0. The van der Waals surface area contributed by atoms with E-state index in [0.29, 0.717) is 0 Å². The third-order valence-corrected chi connectivity index (χ3v) is 0. The zero-order chi connectivity index (χ0) is 0. The van der Waals surface area contributed by atoms with Gasteiger partial charge in [-0.25, -0.2) is 0 Å². The summed E-state index contributed by atoms with van der Waals surface area (Å²) in [7, 11) is 0. The van der Waals surface area contributed by atoms with E-state index in [-0.39, 0.29) is 76.0 Å². The van der Waals surface area contributed by atoms with Crippen LogP contribution < -0.4 is 0 Å². The summed E-state index contributed by atoms with van der Waals surface area (Å²) < 4.78 is 0. The largest absolute Gasteiger partial charge is 0 e. The Morgan fingerprint density at radius 1 is 1.00 bits per heavy atom. The van der Waals surface area contributed by atoms with Gasteiger partial charge in [-0.05, 0) is 0 Å². The van der Waals surface area contributed by atoms with Crippen molar-refractivity contribution in [3.8, 4) is 0 Å². The topological polar surface area (TPSA) is 0 Å². The van der Waals surface area contributed by atoms with Crippen LogP contribution in [0.4, 0.5) is 0 Å². The van der Waals surface area contributed by atoms with Gasteiger partial charge in [-0.3, -0.25) is 0 Å². The van der Waals surface area contributed by atoms with Gasteiger partial charge in [-0.15, -0.1) is 0 Å². The van der Waals surface area contributed by atoms with E-state index in [0.717, 1.165) is 0 Å². The van der Waals surface area contributed by atoms with E-state index < -0.39 is 0 Å². The molecule has 32 valence electrons. The molecule has 0 heterocycles. The van der Waals surface area contributed by atoms with Crippen LogP contribution in [0, 0.1) is 0 Å². The van der Waals surface area contributed by atoms with Crippen molar-refractivity contribution >= 4 is 0 Å². The minimum atomic E-state index is 0. The van der Waals surface area contributed by atoms with Crippen molar-refractivity contribution in [2.45, 2.75) is 0 Å². The molecule has 0 unspecified atom stereocenters. The molecular weight excluding hydrogens is 293 g/mol. The SMILES string of the molecule is [Ag].[Cu].[Fe].[Zn]. The summed E-state index contributed by atoms with van der Waals surface area (Å²) >= 11 is 0. The smallest absolute Gasteiger partial charge is 0 e. The second-order valence-electron chi connectivity index (χ2n) is 0. The van der Waals surface area contributed by atoms with Gasteiger partial charge >= 0.3 is 0 Å². The van der Waals surface area contributed by atoms with E-state index in [9.17, 15) is 0 Å². The normalized spacial score (nSPS) is 0. The zero-order valence-electron chi connectivity index (χ0n) is 1.66. The molecule has 4 heavy (non-hydrogen) atoms. The summed E-state index contributed by atoms with van der Waals surface area (Å²) in [6, 6.07) is 0. The Bertz CT molecular complexity index is 8.00. The third-order valence-electron chi connectivity index (χ3n) is 0. The second-order valence-corrected chi connectivity index (χ2v) is 0. The molecule has 0 saturated heterocycles. The predicted octanol–water partition coefficient (Wildman–Crippen LogP) is -0.0100. The third kappa shape index (κ3) is 8.83. The fourth-order valence-corrected chi connectivity index (χ4v) is 0. The summed E-state index contributed by atoms with van der Waals surface area (Å²) in [6.07, 6.45) is 0. The molecule has 0 amide bonds. The quantitative estimate of drug-likeness (QED) is 0.551. The zero-order valence-corrected chi connectivity index (χ0v) is 8.16. The summed E-state index contributed by atoms with van der Waals surface area (Å²) in [4.78, 5) is 0. The molecule has 0 spiro atoms. The van der Waals surface area contributed by atoms with E-state index in [1.165, 1.54) is 0 Å². The van der Waals surface area contributed by atoms with Crippen molar-refractivity contribution in [3.63, 3.8) is 0 Å². The van der Waals surface area contributed by atoms with Crippen LogP contribution in [0.2, 0.25) is 0 Å².